The van der Waals surface area contributed by atoms with Crippen molar-refractivity contribution in [1.29, 1.82) is 5.41 Å². The Morgan fingerprint density at radius 1 is 1.19 bits per heavy atom. The average molecular weight is 368 g/mol. The van der Waals surface area contributed by atoms with Gasteiger partial charge in [-0.15, -0.1) is 0 Å². The molecule has 4 N–H and O–H groups in total. The standard InChI is InChI=1S/C19H18F2N6/c1-11-4-12(8-22)6-13(5-11)15-7-16(26-10-25-15)17-9-24-18(27-17)3-2-14(23)19(20)21/h2-7,9-10,19,23H,8,22H2,1H3,(H,24,27)/b3-2-,23-14?. The van der Waals surface area contributed by atoms with E-state index in [2.05, 4.69) is 19.9 Å². The van der Waals surface area contributed by atoms with Gasteiger partial charge in [-0.1, -0.05) is 11.6 Å². The summed E-state index contributed by atoms with van der Waals surface area (Å²) >= 11 is 0. The summed E-state index contributed by atoms with van der Waals surface area (Å²) in [5.41, 5.74) is 9.98. The third-order valence-corrected chi connectivity index (χ3v) is 3.86. The Bertz CT molecular complexity index is 993. The number of imidazole rings is 1. The number of benzene rings is 1. The van der Waals surface area contributed by atoms with E-state index in [4.69, 9.17) is 11.1 Å². The van der Waals surface area contributed by atoms with Crippen molar-refractivity contribution < 1.29 is 8.78 Å². The summed E-state index contributed by atoms with van der Waals surface area (Å²) in [5, 5.41) is 7.13. The van der Waals surface area contributed by atoms with Crippen molar-refractivity contribution in [3.8, 4) is 22.6 Å². The predicted octanol–water partition coefficient (Wildman–Crippen LogP) is 3.60. The minimum absolute atomic E-state index is 0.358. The first-order valence-electron chi connectivity index (χ1n) is 8.19. The number of nitrogens with two attached hydrogens (primary N) is 1. The van der Waals surface area contributed by atoms with Crippen molar-refractivity contribution in [1.82, 2.24) is 19.9 Å². The molecule has 1 aromatic carbocycles. The van der Waals surface area contributed by atoms with E-state index in [1.807, 2.05) is 31.2 Å². The van der Waals surface area contributed by atoms with Crippen molar-refractivity contribution in [2.45, 2.75) is 19.9 Å². The maximum Gasteiger partial charge on any atom is 0.279 e. The lowest BCUT2D eigenvalue weighted by atomic mass is 10.0. The summed E-state index contributed by atoms with van der Waals surface area (Å²) in [6.45, 7) is 2.44. The van der Waals surface area contributed by atoms with Crippen LogP contribution in [-0.2, 0) is 6.54 Å². The zero-order valence-electron chi connectivity index (χ0n) is 14.6. The highest BCUT2D eigenvalue weighted by molar-refractivity contribution is 5.97. The van der Waals surface area contributed by atoms with E-state index in [0.29, 0.717) is 23.8 Å². The molecule has 6 nitrogen and oxygen atoms in total. The second kappa shape index (κ2) is 7.96. The number of hydrogen-bond donors (Lipinski definition) is 3. The van der Waals surface area contributed by atoms with Gasteiger partial charge in [-0.2, -0.15) is 0 Å². The number of H-pyrrole nitrogens is 1. The quantitative estimate of drug-likeness (QED) is 0.578. The molecule has 0 unspecified atom stereocenters. The average Bonchev–Trinajstić information content (AvgIpc) is 3.14. The SMILES string of the molecule is Cc1cc(CN)cc(-c2cc(-c3cnc(/C=C\C(=N)C(F)F)[nH]3)ncn2)c1. The van der Waals surface area contributed by atoms with Gasteiger partial charge in [-0.25, -0.2) is 23.7 Å². The molecule has 2 aromatic heterocycles. The molecule has 27 heavy (non-hydrogen) atoms. The Hall–Kier alpha value is -3.26. The smallest absolute Gasteiger partial charge is 0.279 e. The largest absolute Gasteiger partial charge is 0.337 e. The first-order chi connectivity index (χ1) is 13.0. The van der Waals surface area contributed by atoms with E-state index in [1.54, 1.807) is 6.20 Å². The molecule has 0 saturated carbocycles. The van der Waals surface area contributed by atoms with Gasteiger partial charge in [-0.3, -0.25) is 5.41 Å². The van der Waals surface area contributed by atoms with Crippen molar-refractivity contribution >= 4 is 11.8 Å². The number of aromatic amines is 1. The topological polar surface area (TPSA) is 104 Å². The fourth-order valence-corrected chi connectivity index (χ4v) is 2.58. The minimum atomic E-state index is -2.81. The molecule has 3 aromatic rings. The molecule has 0 bridgehead atoms. The van der Waals surface area contributed by atoms with Crippen molar-refractivity contribution in [2.24, 2.45) is 5.73 Å². The van der Waals surface area contributed by atoms with Crippen LogP contribution >= 0.6 is 0 Å². The number of aromatic nitrogens is 4. The molecule has 138 valence electrons. The summed E-state index contributed by atoms with van der Waals surface area (Å²) in [4.78, 5) is 15.7. The molecule has 3 rings (SSSR count). The third kappa shape index (κ3) is 4.48. The fourth-order valence-electron chi connectivity index (χ4n) is 2.58. The molecule has 8 heteroatoms. The van der Waals surface area contributed by atoms with Gasteiger partial charge in [0.2, 0.25) is 0 Å². The number of halogens is 2. The van der Waals surface area contributed by atoms with Gasteiger partial charge in [0.1, 0.15) is 12.2 Å². The van der Waals surface area contributed by atoms with Crippen LogP contribution in [0.25, 0.3) is 28.7 Å². The molecule has 0 atom stereocenters. The first-order valence-corrected chi connectivity index (χ1v) is 8.19. The summed E-state index contributed by atoms with van der Waals surface area (Å²) < 4.78 is 24.7. The Morgan fingerprint density at radius 3 is 2.70 bits per heavy atom. The van der Waals surface area contributed by atoms with E-state index in [0.717, 1.165) is 28.5 Å². The van der Waals surface area contributed by atoms with Crippen LogP contribution in [0.1, 0.15) is 17.0 Å². The number of hydrogen-bond acceptors (Lipinski definition) is 5. The summed E-state index contributed by atoms with van der Waals surface area (Å²) in [6.07, 6.45) is 2.54. The molecule has 0 radical (unpaired) electrons. The van der Waals surface area contributed by atoms with Gasteiger partial charge in [-0.05, 0) is 42.8 Å². The predicted molar refractivity (Wildman–Crippen MR) is 100 cm³/mol. The summed E-state index contributed by atoms with van der Waals surface area (Å²) in [5.74, 6) is 0.358. The maximum absolute atomic E-state index is 12.4. The molecule has 0 aliphatic heterocycles. The van der Waals surface area contributed by atoms with Crippen molar-refractivity contribution in [2.75, 3.05) is 0 Å². The highest BCUT2D eigenvalue weighted by Gasteiger charge is 2.09. The van der Waals surface area contributed by atoms with E-state index in [-0.39, 0.29) is 0 Å². The molecule has 2 heterocycles. The molecule has 0 saturated heterocycles. The number of nitrogens with one attached hydrogen (secondary N) is 2. The molecular formula is C19H18F2N6. The Kier molecular flexibility index (Phi) is 5.46. The Morgan fingerprint density at radius 2 is 1.96 bits per heavy atom. The normalized spacial score (nSPS) is 11.4. The van der Waals surface area contributed by atoms with E-state index in [9.17, 15) is 8.78 Å². The van der Waals surface area contributed by atoms with Crippen LogP contribution in [0.5, 0.6) is 0 Å². The van der Waals surface area contributed by atoms with Gasteiger partial charge >= 0.3 is 0 Å². The Balaban J connectivity index is 1.88. The maximum atomic E-state index is 12.4. The number of allylic oxidation sites excluding steroid dienone is 1. The number of alkyl halides is 2. The Labute approximate surface area is 154 Å². The van der Waals surface area contributed by atoms with Crippen molar-refractivity contribution in [3.05, 3.63) is 59.8 Å². The van der Waals surface area contributed by atoms with Crippen LogP contribution < -0.4 is 5.73 Å². The highest BCUT2D eigenvalue weighted by atomic mass is 19.3. The van der Waals surface area contributed by atoms with Crippen LogP contribution in [0.3, 0.4) is 0 Å². The number of aryl methyl sites for hydroxylation is 1. The van der Waals surface area contributed by atoms with Crippen LogP contribution in [0.2, 0.25) is 0 Å². The monoisotopic (exact) mass is 368 g/mol. The highest BCUT2D eigenvalue weighted by Crippen LogP contribution is 2.24. The van der Waals surface area contributed by atoms with E-state index < -0.39 is 12.1 Å². The van der Waals surface area contributed by atoms with Gasteiger partial charge < -0.3 is 10.7 Å². The van der Waals surface area contributed by atoms with Gasteiger partial charge in [0.05, 0.1) is 29.0 Å². The van der Waals surface area contributed by atoms with Crippen LogP contribution in [-0.4, -0.2) is 32.1 Å². The van der Waals surface area contributed by atoms with Gasteiger partial charge in [0.25, 0.3) is 6.43 Å². The first kappa shape index (κ1) is 18.5. The molecule has 0 aliphatic carbocycles. The molecule has 0 spiro atoms. The summed E-state index contributed by atoms with van der Waals surface area (Å²) in [6, 6.07) is 7.84. The fraction of sp³-hybridized carbons (Fsp3) is 0.158. The number of rotatable bonds is 6. The van der Waals surface area contributed by atoms with Gasteiger partial charge in [0.15, 0.2) is 0 Å². The zero-order valence-corrected chi connectivity index (χ0v) is 14.6. The third-order valence-electron chi connectivity index (χ3n) is 3.86. The molecule has 0 aliphatic rings. The van der Waals surface area contributed by atoms with Crippen LogP contribution in [0.15, 0.2) is 42.9 Å². The lowest BCUT2D eigenvalue weighted by molar-refractivity contribution is 0.226. The zero-order chi connectivity index (χ0) is 19.4. The van der Waals surface area contributed by atoms with Crippen LogP contribution in [0.4, 0.5) is 8.78 Å². The number of nitrogens with zero attached hydrogens (tertiary/aromatic N) is 3. The second-order valence-corrected chi connectivity index (χ2v) is 5.97. The van der Waals surface area contributed by atoms with Gasteiger partial charge in [0, 0.05) is 12.1 Å². The minimum Gasteiger partial charge on any atom is -0.337 e. The van der Waals surface area contributed by atoms with Crippen molar-refractivity contribution in [3.63, 3.8) is 0 Å². The second-order valence-electron chi connectivity index (χ2n) is 5.97. The lowest BCUT2D eigenvalue weighted by Crippen LogP contribution is -2.03. The summed E-state index contributed by atoms with van der Waals surface area (Å²) in [7, 11) is 0. The van der Waals surface area contributed by atoms with E-state index >= 15 is 0 Å². The molecule has 0 amide bonds. The molecule has 0 fully saturated rings. The lowest BCUT2D eigenvalue weighted by Gasteiger charge is -2.07. The van der Waals surface area contributed by atoms with Crippen LogP contribution in [0, 0.1) is 12.3 Å². The molecular weight excluding hydrogens is 350 g/mol. The van der Waals surface area contributed by atoms with E-state index in [1.165, 1.54) is 12.4 Å².